The van der Waals surface area contributed by atoms with Gasteiger partial charge in [0.05, 0.1) is 33.8 Å². The number of furan rings is 2. The molecule has 0 saturated heterocycles. The lowest BCUT2D eigenvalue weighted by atomic mass is 9.33. The van der Waals surface area contributed by atoms with Crippen LogP contribution in [0.1, 0.15) is 77.6 Å². The fourth-order valence-electron chi connectivity index (χ4n) is 18.3. The van der Waals surface area contributed by atoms with Crippen molar-refractivity contribution >= 4 is 184 Å². The maximum Gasteiger partial charge on any atom is 0.257 e. The first-order valence-electron chi connectivity index (χ1n) is 38.3. The molecule has 1 aliphatic carbocycles. The zero-order valence-electron chi connectivity index (χ0n) is 62.7. The molecule has 0 atom stereocenters. The Bertz CT molecular complexity index is 6710. The monoisotopic (exact) mass is 1440 g/mol. The van der Waals surface area contributed by atoms with Crippen LogP contribution >= 0.6 is 11.3 Å². The Morgan fingerprint density at radius 1 is 0.336 bits per heavy atom. The van der Waals surface area contributed by atoms with E-state index in [1.165, 1.54) is 53.6 Å². The van der Waals surface area contributed by atoms with E-state index in [-0.39, 0.29) is 16.2 Å². The van der Waals surface area contributed by atoms with Crippen molar-refractivity contribution in [2.24, 2.45) is 0 Å². The van der Waals surface area contributed by atoms with Crippen molar-refractivity contribution in [2.75, 3.05) is 24.5 Å². The SMILES string of the molecule is CC(C)(C)c1ccc(N2c3cc(N(c4cccc5c4oc4ccccc45)c4cccc5sc6ccccc6c45)ccc3B3c4c2cc(N(c2ccccc2)c2cccc5c2-c2ccccc2C5(C)C)cc4N(c2ccc(C(C)(C)C)cc2)c2cc(N(c4ccccc4)c4ccccc4)c4c(oc5ccccc54)c23)cc1. The number of hydrogen-bond donors (Lipinski definition) is 0. The molecule has 2 aliphatic heterocycles. The number of hydrogen-bond acceptors (Lipinski definition) is 8. The van der Waals surface area contributed by atoms with E-state index < -0.39 is 6.71 Å². The number of benzene rings is 15. The van der Waals surface area contributed by atoms with E-state index in [0.717, 1.165) is 146 Å². The number of rotatable bonds is 11. The van der Waals surface area contributed by atoms with Crippen molar-refractivity contribution in [3.63, 3.8) is 0 Å². The van der Waals surface area contributed by atoms with Crippen molar-refractivity contribution in [1.29, 1.82) is 0 Å². The predicted octanol–water partition coefficient (Wildman–Crippen LogP) is 27.2. The van der Waals surface area contributed by atoms with Crippen molar-refractivity contribution < 1.29 is 8.83 Å². The van der Waals surface area contributed by atoms with Gasteiger partial charge in [0.25, 0.3) is 6.71 Å². The second-order valence-corrected chi connectivity index (χ2v) is 33.4. The van der Waals surface area contributed by atoms with Crippen LogP contribution in [0.4, 0.5) is 85.3 Å². The van der Waals surface area contributed by atoms with Crippen LogP contribution < -0.4 is 40.9 Å². The molecule has 110 heavy (non-hydrogen) atoms. The average molecular weight is 1440 g/mol. The number of nitrogens with zero attached hydrogens (tertiary/aromatic N) is 5. The molecule has 3 aromatic heterocycles. The summed E-state index contributed by atoms with van der Waals surface area (Å²) in [4.78, 5) is 12.7. The van der Waals surface area contributed by atoms with Gasteiger partial charge in [-0.05, 0) is 188 Å². The summed E-state index contributed by atoms with van der Waals surface area (Å²) in [6.45, 7) is 18.2. The molecule has 7 nitrogen and oxygen atoms in total. The number of thiophene rings is 1. The topological polar surface area (TPSA) is 42.5 Å². The predicted molar refractivity (Wildman–Crippen MR) is 467 cm³/mol. The molecule has 0 fully saturated rings. The third-order valence-electron chi connectivity index (χ3n) is 23.5. The molecule has 18 aromatic rings. The summed E-state index contributed by atoms with van der Waals surface area (Å²) in [7, 11) is 0. The maximum atomic E-state index is 7.83. The summed E-state index contributed by atoms with van der Waals surface area (Å²) in [6.07, 6.45) is 0. The Labute approximate surface area is 645 Å². The molecular weight excluding hydrogens is 1360 g/mol. The minimum Gasteiger partial charge on any atom is -0.456 e. The lowest BCUT2D eigenvalue weighted by Crippen LogP contribution is -2.61. The van der Waals surface area contributed by atoms with Crippen LogP contribution in [0.25, 0.3) is 75.2 Å². The molecule has 0 unspecified atom stereocenters. The lowest BCUT2D eigenvalue weighted by molar-refractivity contribution is 0.590. The normalized spacial score (nSPS) is 13.5. The standard InChI is InChI=1S/C101H78BN5O2S/c1-99(2,3)63-49-53-68(54-50-63)105-83-59-70(107(81-43-28-48-91-93(81)76-38-21-25-47-90(76)110-91)82-44-26-39-73-72-35-19-23-45-88(72)108-97(73)82)57-58-79(83)102-95-85(105)60-71(104(67-33-16-11-17-34-67)80-42-27-41-78-92(80)74-36-18-22-40-77(74)101(78,7)8)61-86(95)106(69-55-51-64(52-56-69)100(4,5)6)87-62-84(94-75-37-20-24-46-89(75)109-98(94)96(87)102)103(65-29-12-9-13-30-65)66-31-14-10-15-32-66/h9-62H,1-8H3. The van der Waals surface area contributed by atoms with Crippen molar-refractivity contribution in [2.45, 2.75) is 71.6 Å². The van der Waals surface area contributed by atoms with Crippen molar-refractivity contribution in [3.05, 3.63) is 350 Å². The molecular formula is C101H78BN5O2S. The minimum absolute atomic E-state index is 0.120. The Morgan fingerprint density at radius 3 is 1.47 bits per heavy atom. The Kier molecular flexibility index (Phi) is 14.6. The number of fused-ring (bicyclic) bond motifs is 17. The summed E-state index contributed by atoms with van der Waals surface area (Å²) < 4.78 is 17.5. The zero-order valence-corrected chi connectivity index (χ0v) is 63.5. The lowest BCUT2D eigenvalue weighted by Gasteiger charge is -2.45. The van der Waals surface area contributed by atoms with E-state index in [1.807, 2.05) is 11.3 Å². The minimum atomic E-state index is -0.419. The molecule has 0 spiro atoms. The van der Waals surface area contributed by atoms with Crippen LogP contribution in [0.15, 0.2) is 336 Å². The molecule has 5 heterocycles. The zero-order chi connectivity index (χ0) is 74.1. The van der Waals surface area contributed by atoms with Gasteiger partial charge >= 0.3 is 0 Å². The van der Waals surface area contributed by atoms with Crippen LogP contribution in [0.3, 0.4) is 0 Å². The summed E-state index contributed by atoms with van der Waals surface area (Å²) in [5.74, 6) is 0. The van der Waals surface area contributed by atoms with E-state index in [1.54, 1.807) is 0 Å². The highest BCUT2D eigenvalue weighted by Gasteiger charge is 2.48. The van der Waals surface area contributed by atoms with Crippen LogP contribution in [-0.4, -0.2) is 6.71 Å². The Morgan fingerprint density at radius 2 is 0.818 bits per heavy atom. The van der Waals surface area contributed by atoms with Crippen LogP contribution in [0.2, 0.25) is 0 Å². The first kappa shape index (κ1) is 65.5. The first-order valence-corrected chi connectivity index (χ1v) is 39.1. The van der Waals surface area contributed by atoms with E-state index in [4.69, 9.17) is 8.83 Å². The van der Waals surface area contributed by atoms with Gasteiger partial charge in [0, 0.05) is 104 Å². The van der Waals surface area contributed by atoms with Crippen molar-refractivity contribution in [3.8, 4) is 11.1 Å². The Balaban J connectivity index is 0.932. The number of anilines is 15. The van der Waals surface area contributed by atoms with Gasteiger partial charge in [-0.3, -0.25) is 0 Å². The third kappa shape index (κ3) is 10.0. The highest BCUT2D eigenvalue weighted by molar-refractivity contribution is 7.26. The molecule has 0 amide bonds. The van der Waals surface area contributed by atoms with E-state index >= 15 is 0 Å². The summed E-state index contributed by atoms with van der Waals surface area (Å²) in [5, 5.41) is 6.60. The highest BCUT2D eigenvalue weighted by atomic mass is 32.1. The fraction of sp³-hybridized carbons (Fsp3) is 0.109. The summed E-state index contributed by atoms with van der Waals surface area (Å²) in [6, 6.07) is 122. The van der Waals surface area contributed by atoms with Gasteiger partial charge in [-0.15, -0.1) is 11.3 Å². The second kappa shape index (κ2) is 24.6. The quantitative estimate of drug-likeness (QED) is 0.120. The highest BCUT2D eigenvalue weighted by Crippen LogP contribution is 2.58. The molecule has 0 saturated carbocycles. The van der Waals surface area contributed by atoms with Gasteiger partial charge in [-0.2, -0.15) is 0 Å². The molecule has 9 heteroatoms. The molecule has 21 rings (SSSR count). The van der Waals surface area contributed by atoms with Crippen LogP contribution in [0, 0.1) is 0 Å². The molecule has 0 N–H and O–H groups in total. The van der Waals surface area contributed by atoms with Crippen LogP contribution in [-0.2, 0) is 16.2 Å². The van der Waals surface area contributed by atoms with E-state index in [2.05, 4.69) is 407 Å². The van der Waals surface area contributed by atoms with Gasteiger partial charge in [-0.25, -0.2) is 0 Å². The smallest absolute Gasteiger partial charge is 0.257 e. The molecule has 3 aliphatic rings. The third-order valence-corrected chi connectivity index (χ3v) is 24.6. The molecule has 0 bridgehead atoms. The van der Waals surface area contributed by atoms with Gasteiger partial charge in [0.1, 0.15) is 16.7 Å². The maximum absolute atomic E-state index is 7.83. The average Bonchev–Trinajstić information content (AvgIpc) is 1.03. The number of para-hydroxylation sites is 6. The summed E-state index contributed by atoms with van der Waals surface area (Å²) in [5.41, 5.74) is 29.2. The van der Waals surface area contributed by atoms with Crippen molar-refractivity contribution in [1.82, 2.24) is 0 Å². The van der Waals surface area contributed by atoms with E-state index in [9.17, 15) is 0 Å². The largest absolute Gasteiger partial charge is 0.456 e. The molecule has 0 radical (unpaired) electrons. The summed E-state index contributed by atoms with van der Waals surface area (Å²) >= 11 is 1.84. The molecule has 528 valence electrons. The van der Waals surface area contributed by atoms with E-state index in [0.29, 0.717) is 0 Å². The van der Waals surface area contributed by atoms with Gasteiger partial charge in [-0.1, -0.05) is 250 Å². The first-order chi connectivity index (χ1) is 53.6. The van der Waals surface area contributed by atoms with Gasteiger partial charge < -0.3 is 33.3 Å². The fourth-order valence-corrected chi connectivity index (χ4v) is 19.4. The van der Waals surface area contributed by atoms with Gasteiger partial charge in [0.15, 0.2) is 5.58 Å². The van der Waals surface area contributed by atoms with Gasteiger partial charge in [0.2, 0.25) is 0 Å². The molecule has 15 aromatic carbocycles. The second-order valence-electron chi connectivity index (χ2n) is 32.4. The van der Waals surface area contributed by atoms with Crippen LogP contribution in [0.5, 0.6) is 0 Å². The Hall–Kier alpha value is -12.8.